The maximum Gasteiger partial charge on any atom is 0.332 e. The molecule has 98 valence electrons. The van der Waals surface area contributed by atoms with Gasteiger partial charge in [-0.2, -0.15) is 0 Å². The van der Waals surface area contributed by atoms with Crippen molar-refractivity contribution < 1.29 is 4.74 Å². The van der Waals surface area contributed by atoms with Crippen LogP contribution in [0.3, 0.4) is 0 Å². The largest absolute Gasteiger partial charge is 0.383 e. The Morgan fingerprint density at radius 3 is 2.56 bits per heavy atom. The molecule has 0 bridgehead atoms. The Morgan fingerprint density at radius 2 is 1.94 bits per heavy atom. The highest BCUT2D eigenvalue weighted by molar-refractivity contribution is 5.73. The van der Waals surface area contributed by atoms with Crippen molar-refractivity contribution in [3.63, 3.8) is 0 Å². The van der Waals surface area contributed by atoms with Gasteiger partial charge < -0.3 is 10.5 Å². The molecule has 18 heavy (non-hydrogen) atoms. The number of ether oxygens (including phenoxy) is 1. The Bertz CT molecular complexity index is 709. The molecule has 0 unspecified atom stereocenters. The molecule has 0 aromatic carbocycles. The lowest BCUT2D eigenvalue weighted by atomic mass is 10.5. The second-order valence-corrected chi connectivity index (χ2v) is 3.99. The second kappa shape index (κ2) is 4.30. The first kappa shape index (κ1) is 12.4. The summed E-state index contributed by atoms with van der Waals surface area (Å²) in [6.45, 7) is 0.846. The number of anilines is 1. The van der Waals surface area contributed by atoms with Crippen LogP contribution >= 0.6 is 0 Å². The monoisotopic (exact) mass is 253 g/mol. The number of nitrogen functional groups attached to an aromatic ring is 1. The van der Waals surface area contributed by atoms with Crippen molar-refractivity contribution in [2.75, 3.05) is 19.5 Å². The molecule has 2 rings (SSSR count). The van der Waals surface area contributed by atoms with Crippen LogP contribution in [-0.2, 0) is 25.4 Å². The number of nitrogens with zero attached hydrogens (tertiary/aromatic N) is 4. The van der Waals surface area contributed by atoms with Gasteiger partial charge in [-0.05, 0) is 0 Å². The Morgan fingerprint density at radius 1 is 1.28 bits per heavy atom. The molecule has 8 heteroatoms. The number of hydrogen-bond acceptors (Lipinski definition) is 5. The Kier molecular flexibility index (Phi) is 2.95. The molecule has 8 nitrogen and oxygen atoms in total. The third-order valence-corrected chi connectivity index (χ3v) is 2.89. The van der Waals surface area contributed by atoms with Crippen LogP contribution in [0.4, 0.5) is 5.95 Å². The second-order valence-electron chi connectivity index (χ2n) is 3.99. The Balaban J connectivity index is 2.86. The summed E-state index contributed by atoms with van der Waals surface area (Å²) in [6, 6.07) is 0. The SMILES string of the molecule is COCCn1c(N)nc2c(=O)n(C)c(=O)n(C)c21. The number of aromatic nitrogens is 4. The molecule has 0 radical (unpaired) electrons. The zero-order valence-electron chi connectivity index (χ0n) is 10.5. The van der Waals surface area contributed by atoms with Crippen molar-refractivity contribution in [1.29, 1.82) is 0 Å². The fourth-order valence-corrected chi connectivity index (χ4v) is 1.91. The van der Waals surface area contributed by atoms with Gasteiger partial charge in [0.1, 0.15) is 0 Å². The molecule has 0 aliphatic rings. The van der Waals surface area contributed by atoms with Gasteiger partial charge in [0.15, 0.2) is 11.2 Å². The maximum atomic E-state index is 11.9. The predicted octanol–water partition coefficient (Wildman–Crippen LogP) is -1.34. The normalized spacial score (nSPS) is 11.3. The first-order valence-corrected chi connectivity index (χ1v) is 5.39. The van der Waals surface area contributed by atoms with Crippen LogP contribution in [0.5, 0.6) is 0 Å². The Hall–Kier alpha value is -2.09. The van der Waals surface area contributed by atoms with Crippen molar-refractivity contribution in [2.45, 2.75) is 6.54 Å². The van der Waals surface area contributed by atoms with Crippen LogP contribution in [-0.4, -0.2) is 32.4 Å². The molecular formula is C10H15N5O3. The standard InChI is InChI=1S/C10H15N5O3/c1-13-7-6(8(16)14(2)10(13)17)12-9(11)15(7)4-5-18-3/h4-5H2,1-3H3,(H2,11,12). The van der Waals surface area contributed by atoms with E-state index < -0.39 is 11.2 Å². The third-order valence-electron chi connectivity index (χ3n) is 2.89. The molecule has 0 spiro atoms. The number of imidazole rings is 1. The molecule has 0 saturated heterocycles. The summed E-state index contributed by atoms with van der Waals surface area (Å²) in [5.41, 5.74) is 5.51. The lowest BCUT2D eigenvalue weighted by Gasteiger charge is -2.08. The molecule has 2 aromatic rings. The van der Waals surface area contributed by atoms with Crippen molar-refractivity contribution in [2.24, 2.45) is 14.1 Å². The molecule has 2 aromatic heterocycles. The zero-order valence-corrected chi connectivity index (χ0v) is 10.5. The molecular weight excluding hydrogens is 238 g/mol. The summed E-state index contributed by atoms with van der Waals surface area (Å²) in [5.74, 6) is 0.195. The third kappa shape index (κ3) is 1.61. The fraction of sp³-hybridized carbons (Fsp3) is 0.500. The highest BCUT2D eigenvalue weighted by Crippen LogP contribution is 2.12. The van der Waals surface area contributed by atoms with E-state index in [0.717, 1.165) is 4.57 Å². The van der Waals surface area contributed by atoms with E-state index >= 15 is 0 Å². The van der Waals surface area contributed by atoms with Gasteiger partial charge in [0.25, 0.3) is 5.56 Å². The molecule has 0 atom stereocenters. The van der Waals surface area contributed by atoms with Crippen LogP contribution in [0.1, 0.15) is 0 Å². The summed E-state index contributed by atoms with van der Waals surface area (Å²) in [4.78, 5) is 27.8. The van der Waals surface area contributed by atoms with E-state index in [1.807, 2.05) is 0 Å². The molecule has 0 amide bonds. The van der Waals surface area contributed by atoms with Gasteiger partial charge in [-0.15, -0.1) is 0 Å². The zero-order chi connectivity index (χ0) is 13.4. The van der Waals surface area contributed by atoms with E-state index in [4.69, 9.17) is 10.5 Å². The van der Waals surface area contributed by atoms with Crippen molar-refractivity contribution in [3.8, 4) is 0 Å². The quantitative estimate of drug-likeness (QED) is 0.730. The van der Waals surface area contributed by atoms with Crippen LogP contribution in [0.2, 0.25) is 0 Å². The fourth-order valence-electron chi connectivity index (χ4n) is 1.91. The van der Waals surface area contributed by atoms with Gasteiger partial charge in [-0.25, -0.2) is 9.78 Å². The van der Waals surface area contributed by atoms with E-state index in [0.29, 0.717) is 18.8 Å². The van der Waals surface area contributed by atoms with E-state index in [1.54, 1.807) is 18.7 Å². The minimum atomic E-state index is -0.448. The number of aryl methyl sites for hydroxylation is 1. The van der Waals surface area contributed by atoms with Gasteiger partial charge in [-0.1, -0.05) is 0 Å². The van der Waals surface area contributed by atoms with Crippen molar-refractivity contribution >= 4 is 17.1 Å². The van der Waals surface area contributed by atoms with E-state index in [1.165, 1.54) is 11.6 Å². The number of methoxy groups -OCH3 is 1. The number of fused-ring (bicyclic) bond motifs is 1. The lowest BCUT2D eigenvalue weighted by Crippen LogP contribution is -2.37. The number of nitrogens with two attached hydrogens (primary N) is 1. The minimum Gasteiger partial charge on any atom is -0.383 e. The number of hydrogen-bond donors (Lipinski definition) is 1. The summed E-state index contributed by atoms with van der Waals surface area (Å²) >= 11 is 0. The average Bonchev–Trinajstić information content (AvgIpc) is 2.68. The molecule has 0 aliphatic carbocycles. The van der Waals surface area contributed by atoms with E-state index in [9.17, 15) is 9.59 Å². The average molecular weight is 253 g/mol. The molecule has 0 fully saturated rings. The smallest absolute Gasteiger partial charge is 0.332 e. The van der Waals surface area contributed by atoms with Crippen LogP contribution < -0.4 is 17.0 Å². The van der Waals surface area contributed by atoms with Crippen LogP contribution in [0.25, 0.3) is 11.2 Å². The molecule has 2 N–H and O–H groups in total. The van der Waals surface area contributed by atoms with Gasteiger partial charge >= 0.3 is 5.69 Å². The predicted molar refractivity (Wildman–Crippen MR) is 66.5 cm³/mol. The van der Waals surface area contributed by atoms with Gasteiger partial charge in [-0.3, -0.25) is 18.5 Å². The molecule has 0 aliphatic heterocycles. The maximum absolute atomic E-state index is 11.9. The van der Waals surface area contributed by atoms with Crippen LogP contribution in [0, 0.1) is 0 Å². The van der Waals surface area contributed by atoms with Crippen LogP contribution in [0.15, 0.2) is 9.59 Å². The first-order valence-electron chi connectivity index (χ1n) is 5.39. The van der Waals surface area contributed by atoms with Gasteiger partial charge in [0.05, 0.1) is 13.2 Å². The van der Waals surface area contributed by atoms with Crippen molar-refractivity contribution in [1.82, 2.24) is 18.7 Å². The minimum absolute atomic E-state index is 0.188. The highest BCUT2D eigenvalue weighted by Gasteiger charge is 2.16. The molecule has 0 saturated carbocycles. The summed E-state index contributed by atoms with van der Waals surface area (Å²) in [5, 5.41) is 0. The number of rotatable bonds is 3. The summed E-state index contributed by atoms with van der Waals surface area (Å²) in [6.07, 6.45) is 0. The first-order chi connectivity index (χ1) is 8.49. The van der Waals surface area contributed by atoms with E-state index in [2.05, 4.69) is 4.98 Å². The summed E-state index contributed by atoms with van der Waals surface area (Å²) in [7, 11) is 4.55. The Labute approximate surface area is 102 Å². The molecule has 2 heterocycles. The topological polar surface area (TPSA) is 97.1 Å². The van der Waals surface area contributed by atoms with Crippen molar-refractivity contribution in [3.05, 3.63) is 20.8 Å². The van der Waals surface area contributed by atoms with Gasteiger partial charge in [0, 0.05) is 21.2 Å². The summed E-state index contributed by atoms with van der Waals surface area (Å²) < 4.78 is 8.93. The van der Waals surface area contributed by atoms with Gasteiger partial charge in [0.2, 0.25) is 5.95 Å². The van der Waals surface area contributed by atoms with E-state index in [-0.39, 0.29) is 11.5 Å². The highest BCUT2D eigenvalue weighted by atomic mass is 16.5. The lowest BCUT2D eigenvalue weighted by molar-refractivity contribution is 0.188.